The summed E-state index contributed by atoms with van der Waals surface area (Å²) < 4.78 is 0. The standard InChI is InChI=1S/C11H20N8/c12-1-5-18-6-2-14-10(18)15-3-7-19-8-4-16-11(19)17-9-13/h1-8,12H2,(H,14,15)(H,16,17). The summed E-state index contributed by atoms with van der Waals surface area (Å²) >= 11 is 0. The van der Waals surface area contributed by atoms with Crippen LogP contribution in [0.25, 0.3) is 0 Å². The van der Waals surface area contributed by atoms with Crippen molar-refractivity contribution in [2.24, 2.45) is 15.7 Å². The van der Waals surface area contributed by atoms with Crippen LogP contribution in [0.4, 0.5) is 0 Å². The maximum Gasteiger partial charge on any atom is 0.207 e. The zero-order valence-corrected chi connectivity index (χ0v) is 11.0. The first-order valence-electron chi connectivity index (χ1n) is 6.53. The van der Waals surface area contributed by atoms with E-state index in [0.29, 0.717) is 12.5 Å². The third-order valence-electron chi connectivity index (χ3n) is 3.09. The minimum atomic E-state index is 0.635. The summed E-state index contributed by atoms with van der Waals surface area (Å²) in [4.78, 5) is 12.9. The molecule has 2 rings (SSSR count). The van der Waals surface area contributed by atoms with Crippen LogP contribution in [0.15, 0.2) is 9.98 Å². The lowest BCUT2D eigenvalue weighted by Crippen LogP contribution is -2.45. The van der Waals surface area contributed by atoms with E-state index in [1.165, 1.54) is 0 Å². The summed E-state index contributed by atoms with van der Waals surface area (Å²) in [6, 6.07) is 0. The second-order valence-corrected chi connectivity index (χ2v) is 4.34. The maximum absolute atomic E-state index is 8.61. The normalized spacial score (nSPS) is 18.1. The zero-order chi connectivity index (χ0) is 13.5. The van der Waals surface area contributed by atoms with Crippen molar-refractivity contribution in [2.45, 2.75) is 0 Å². The van der Waals surface area contributed by atoms with Crippen LogP contribution in [0.5, 0.6) is 0 Å². The Hall–Kier alpha value is -2.01. The van der Waals surface area contributed by atoms with Crippen LogP contribution in [0, 0.1) is 11.5 Å². The molecule has 4 N–H and O–H groups in total. The Morgan fingerprint density at radius 3 is 2.53 bits per heavy atom. The van der Waals surface area contributed by atoms with Gasteiger partial charge in [-0.05, 0) is 0 Å². The molecule has 0 saturated heterocycles. The molecule has 2 aliphatic rings. The van der Waals surface area contributed by atoms with Crippen LogP contribution in [-0.2, 0) is 0 Å². The van der Waals surface area contributed by atoms with Crippen molar-refractivity contribution < 1.29 is 0 Å². The van der Waals surface area contributed by atoms with Crippen molar-refractivity contribution in [3.05, 3.63) is 0 Å². The molecule has 0 amide bonds. The van der Waals surface area contributed by atoms with Crippen LogP contribution in [0.2, 0.25) is 0 Å². The molecular formula is C11H20N8. The quantitative estimate of drug-likeness (QED) is 0.390. The Morgan fingerprint density at radius 2 is 1.84 bits per heavy atom. The number of aliphatic imine (C=N–C) groups is 2. The Kier molecular flexibility index (Phi) is 4.80. The molecule has 0 radical (unpaired) electrons. The van der Waals surface area contributed by atoms with E-state index in [9.17, 15) is 0 Å². The van der Waals surface area contributed by atoms with Gasteiger partial charge in [-0.15, -0.1) is 0 Å². The number of hydrogen-bond acceptors (Lipinski definition) is 8. The monoisotopic (exact) mass is 264 g/mol. The largest absolute Gasteiger partial charge is 0.354 e. The molecule has 0 fully saturated rings. The molecule has 0 atom stereocenters. The first kappa shape index (κ1) is 13.4. The van der Waals surface area contributed by atoms with Gasteiger partial charge in [-0.2, -0.15) is 5.26 Å². The number of guanidine groups is 2. The van der Waals surface area contributed by atoms with Gasteiger partial charge in [-0.25, -0.2) is 0 Å². The molecule has 0 bridgehead atoms. The molecule has 0 spiro atoms. The highest BCUT2D eigenvalue weighted by atomic mass is 15.4. The highest BCUT2D eigenvalue weighted by molar-refractivity contribution is 5.83. The predicted octanol–water partition coefficient (Wildman–Crippen LogP) is -2.05. The third-order valence-corrected chi connectivity index (χ3v) is 3.09. The van der Waals surface area contributed by atoms with Gasteiger partial charge in [0.25, 0.3) is 0 Å². The molecule has 0 saturated carbocycles. The van der Waals surface area contributed by atoms with E-state index < -0.39 is 0 Å². The average molecular weight is 264 g/mol. The fraction of sp³-hybridized carbons (Fsp3) is 0.727. The predicted molar refractivity (Wildman–Crippen MR) is 73.6 cm³/mol. The van der Waals surface area contributed by atoms with Crippen molar-refractivity contribution in [1.82, 2.24) is 20.4 Å². The number of nitrogens with two attached hydrogens (primary N) is 1. The Balaban J connectivity index is 1.72. The molecule has 2 aliphatic heterocycles. The molecule has 0 unspecified atom stereocenters. The van der Waals surface area contributed by atoms with Crippen molar-refractivity contribution in [2.75, 3.05) is 52.4 Å². The number of hydrogen-bond donors (Lipinski definition) is 3. The number of nitrogens with one attached hydrogen (secondary N) is 2. The Morgan fingerprint density at radius 1 is 1.16 bits per heavy atom. The summed E-state index contributed by atoms with van der Waals surface area (Å²) in [5.74, 6) is 1.59. The van der Waals surface area contributed by atoms with Gasteiger partial charge < -0.3 is 20.9 Å². The fourth-order valence-corrected chi connectivity index (χ4v) is 2.20. The highest BCUT2D eigenvalue weighted by Crippen LogP contribution is 2.00. The summed E-state index contributed by atoms with van der Waals surface area (Å²) in [5.41, 5.74) is 5.56. The van der Waals surface area contributed by atoms with Crippen molar-refractivity contribution in [1.29, 1.82) is 5.26 Å². The summed E-state index contributed by atoms with van der Waals surface area (Å²) in [6.45, 7) is 6.39. The maximum atomic E-state index is 8.61. The van der Waals surface area contributed by atoms with Gasteiger partial charge in [-0.3, -0.25) is 15.3 Å². The second-order valence-electron chi connectivity index (χ2n) is 4.34. The molecule has 0 aromatic carbocycles. The van der Waals surface area contributed by atoms with E-state index in [0.717, 1.165) is 51.8 Å². The lowest BCUT2D eigenvalue weighted by Gasteiger charge is -2.23. The molecule has 8 heteroatoms. The number of nitrogens with zero attached hydrogens (tertiary/aromatic N) is 5. The Labute approximate surface area is 113 Å². The van der Waals surface area contributed by atoms with Crippen LogP contribution in [0.1, 0.15) is 0 Å². The molecule has 2 heterocycles. The van der Waals surface area contributed by atoms with Gasteiger partial charge in [0.15, 0.2) is 12.2 Å². The van der Waals surface area contributed by atoms with Crippen molar-refractivity contribution >= 4 is 11.9 Å². The van der Waals surface area contributed by atoms with Crippen LogP contribution < -0.4 is 16.4 Å². The molecule has 0 aromatic rings. The number of nitriles is 1. The topological polar surface area (TPSA) is 105 Å². The van der Waals surface area contributed by atoms with Crippen LogP contribution in [-0.4, -0.2) is 74.1 Å². The van der Waals surface area contributed by atoms with Gasteiger partial charge in [-0.1, -0.05) is 0 Å². The summed E-state index contributed by atoms with van der Waals surface area (Å²) in [7, 11) is 0. The van der Waals surface area contributed by atoms with E-state index in [1.54, 1.807) is 0 Å². The van der Waals surface area contributed by atoms with Gasteiger partial charge in [0.1, 0.15) is 0 Å². The molecule has 19 heavy (non-hydrogen) atoms. The molecular weight excluding hydrogens is 244 g/mol. The molecule has 0 aliphatic carbocycles. The van der Waals surface area contributed by atoms with E-state index in [-0.39, 0.29) is 0 Å². The molecule has 104 valence electrons. The van der Waals surface area contributed by atoms with Gasteiger partial charge >= 0.3 is 0 Å². The number of rotatable bonds is 5. The minimum Gasteiger partial charge on any atom is -0.354 e. The molecule has 8 nitrogen and oxygen atoms in total. The third kappa shape index (κ3) is 3.48. The van der Waals surface area contributed by atoms with E-state index in [4.69, 9.17) is 11.0 Å². The first-order chi connectivity index (χ1) is 9.35. The zero-order valence-electron chi connectivity index (χ0n) is 11.0. The summed E-state index contributed by atoms with van der Waals surface area (Å²) in [5, 5.41) is 14.5. The SMILES string of the molecule is N#CNC1=NCCN1CCNC1=NCCN1CCN. The Bertz CT molecular complexity index is 396. The minimum absolute atomic E-state index is 0.635. The van der Waals surface area contributed by atoms with E-state index in [2.05, 4.69) is 30.4 Å². The van der Waals surface area contributed by atoms with Gasteiger partial charge in [0, 0.05) is 39.3 Å². The smallest absolute Gasteiger partial charge is 0.207 e. The lowest BCUT2D eigenvalue weighted by molar-refractivity contribution is 0.428. The summed E-state index contributed by atoms with van der Waals surface area (Å²) in [6.07, 6.45) is 1.91. The van der Waals surface area contributed by atoms with Crippen LogP contribution >= 0.6 is 0 Å². The van der Waals surface area contributed by atoms with Crippen molar-refractivity contribution in [3.63, 3.8) is 0 Å². The van der Waals surface area contributed by atoms with E-state index >= 15 is 0 Å². The highest BCUT2D eigenvalue weighted by Gasteiger charge is 2.18. The second kappa shape index (κ2) is 6.80. The average Bonchev–Trinajstić information content (AvgIpc) is 3.01. The fourth-order valence-electron chi connectivity index (χ4n) is 2.20. The first-order valence-corrected chi connectivity index (χ1v) is 6.53. The van der Waals surface area contributed by atoms with Gasteiger partial charge in [0.05, 0.1) is 13.1 Å². The van der Waals surface area contributed by atoms with Gasteiger partial charge in [0.2, 0.25) is 5.96 Å². The van der Waals surface area contributed by atoms with Crippen LogP contribution in [0.3, 0.4) is 0 Å². The lowest BCUT2D eigenvalue weighted by atomic mass is 10.5. The molecule has 0 aromatic heterocycles. The van der Waals surface area contributed by atoms with E-state index in [1.807, 2.05) is 6.19 Å². The van der Waals surface area contributed by atoms with Crippen molar-refractivity contribution in [3.8, 4) is 6.19 Å².